The van der Waals surface area contributed by atoms with E-state index in [2.05, 4.69) is 20.6 Å². The Balaban J connectivity index is 1.50. The van der Waals surface area contributed by atoms with E-state index in [9.17, 15) is 14.0 Å². The lowest BCUT2D eigenvalue weighted by Gasteiger charge is -2.32. The molecule has 2 fully saturated rings. The second-order valence-corrected chi connectivity index (χ2v) is 10.8. The molecule has 1 saturated carbocycles. The molecule has 3 aromatic rings. The van der Waals surface area contributed by atoms with Gasteiger partial charge in [-0.15, -0.1) is 0 Å². The molecule has 2 aromatic heterocycles. The zero-order valence-corrected chi connectivity index (χ0v) is 22.4. The molecule has 3 heterocycles. The first-order valence-corrected chi connectivity index (χ1v) is 13.4. The molecule has 1 saturated heterocycles. The maximum atomic E-state index is 14.8. The molecule has 1 atom stereocenters. The zero-order chi connectivity index (χ0) is 27.0. The van der Waals surface area contributed by atoms with E-state index in [-0.39, 0.29) is 45.5 Å². The molecule has 2 aliphatic rings. The van der Waals surface area contributed by atoms with Crippen molar-refractivity contribution in [3.05, 3.63) is 34.2 Å². The van der Waals surface area contributed by atoms with Crippen LogP contribution in [-0.2, 0) is 9.59 Å². The van der Waals surface area contributed by atoms with Gasteiger partial charge >= 0.3 is 0 Å². The second-order valence-electron chi connectivity index (χ2n) is 9.93. The number of primary amides is 1. The minimum absolute atomic E-state index is 0.0204. The summed E-state index contributed by atoms with van der Waals surface area (Å²) in [7, 11) is 0. The molecule has 2 amide bonds. The summed E-state index contributed by atoms with van der Waals surface area (Å²) in [6, 6.07) is 2.59. The average Bonchev–Trinajstić information content (AvgIpc) is 3.23. The van der Waals surface area contributed by atoms with E-state index in [1.54, 1.807) is 13.1 Å². The highest BCUT2D eigenvalue weighted by atomic mass is 35.5. The van der Waals surface area contributed by atoms with Crippen molar-refractivity contribution in [3.63, 3.8) is 0 Å². The van der Waals surface area contributed by atoms with Crippen LogP contribution in [0.1, 0.15) is 51.5 Å². The predicted molar refractivity (Wildman–Crippen MR) is 144 cm³/mol. The maximum Gasteiger partial charge on any atom is 0.225 e. The molecule has 1 aromatic carbocycles. The van der Waals surface area contributed by atoms with Gasteiger partial charge in [0.15, 0.2) is 5.65 Å². The van der Waals surface area contributed by atoms with E-state index in [1.807, 2.05) is 9.47 Å². The number of fused-ring (bicyclic) bond motifs is 1. The number of benzene rings is 1. The smallest absolute Gasteiger partial charge is 0.225 e. The van der Waals surface area contributed by atoms with Crippen molar-refractivity contribution in [2.24, 2.45) is 11.7 Å². The Kier molecular flexibility index (Phi) is 7.58. The summed E-state index contributed by atoms with van der Waals surface area (Å²) in [6.07, 6.45) is 6.02. The van der Waals surface area contributed by atoms with Gasteiger partial charge < -0.3 is 21.3 Å². The van der Waals surface area contributed by atoms with Crippen molar-refractivity contribution in [1.29, 1.82) is 0 Å². The standard InChI is InChI=1S/C25H29Cl2FN8O2/c1-13(37)35-8-2-3-16(12-35)31-24-30-11-20-23(34-24)36(17-6-4-14(5-7-17)22(29)38)25(32-20)33-21-18(27)9-15(26)10-19(21)28/h9-11,14,16-17H,2-8,12H2,1H3,(H2,29,38)(H,32,33)(H,30,31,34)/t14?,16-,17?/m1/s1. The number of piperidine rings is 1. The molecular formula is C25H29Cl2FN8O2. The number of carbonyl (C=O) groups is 2. The zero-order valence-electron chi connectivity index (χ0n) is 20.9. The van der Waals surface area contributed by atoms with Gasteiger partial charge in [0.1, 0.15) is 11.3 Å². The van der Waals surface area contributed by atoms with E-state index >= 15 is 0 Å². The molecular weight excluding hydrogens is 534 g/mol. The van der Waals surface area contributed by atoms with Crippen LogP contribution in [0.3, 0.4) is 0 Å². The number of nitrogens with two attached hydrogens (primary N) is 1. The topological polar surface area (TPSA) is 131 Å². The molecule has 0 spiro atoms. The van der Waals surface area contributed by atoms with Crippen LogP contribution < -0.4 is 16.4 Å². The SMILES string of the molecule is CC(=O)N1CCC[C@@H](Nc2ncc3nc(Nc4c(F)cc(Cl)cc4Cl)n(C4CCC(C(N)=O)CC4)c3n2)C1. The fourth-order valence-electron chi connectivity index (χ4n) is 5.35. The van der Waals surface area contributed by atoms with Crippen molar-refractivity contribution < 1.29 is 14.0 Å². The summed E-state index contributed by atoms with van der Waals surface area (Å²) < 4.78 is 16.7. The van der Waals surface area contributed by atoms with Crippen LogP contribution in [0, 0.1) is 11.7 Å². The number of nitrogens with one attached hydrogen (secondary N) is 2. The van der Waals surface area contributed by atoms with Crippen LogP contribution in [-0.4, -0.2) is 55.4 Å². The molecule has 38 heavy (non-hydrogen) atoms. The van der Waals surface area contributed by atoms with Gasteiger partial charge in [-0.2, -0.15) is 4.98 Å². The third-order valence-electron chi connectivity index (χ3n) is 7.34. The number of halogens is 3. The third-order valence-corrected chi connectivity index (χ3v) is 7.86. The van der Waals surface area contributed by atoms with Crippen molar-refractivity contribution in [2.75, 3.05) is 23.7 Å². The first-order chi connectivity index (χ1) is 18.2. The Bertz CT molecular complexity index is 1350. The molecule has 0 bridgehead atoms. The number of imidazole rings is 1. The van der Waals surface area contributed by atoms with Crippen molar-refractivity contribution >= 4 is 63.8 Å². The largest absolute Gasteiger partial charge is 0.369 e. The van der Waals surface area contributed by atoms with Gasteiger partial charge in [0, 0.05) is 43.0 Å². The van der Waals surface area contributed by atoms with Gasteiger partial charge in [0.05, 0.1) is 16.9 Å². The number of hydrogen-bond acceptors (Lipinski definition) is 7. The summed E-state index contributed by atoms with van der Waals surface area (Å²) in [5.41, 5.74) is 6.69. The van der Waals surface area contributed by atoms with Crippen molar-refractivity contribution in [3.8, 4) is 0 Å². The van der Waals surface area contributed by atoms with Gasteiger partial charge in [-0.05, 0) is 50.7 Å². The molecule has 1 aliphatic heterocycles. The number of hydrogen-bond donors (Lipinski definition) is 3. The number of anilines is 3. The summed E-state index contributed by atoms with van der Waals surface area (Å²) in [6.45, 7) is 2.89. The average molecular weight is 563 g/mol. The number of carbonyl (C=O) groups excluding carboxylic acids is 2. The fraction of sp³-hybridized carbons (Fsp3) is 0.480. The molecule has 202 valence electrons. The van der Waals surface area contributed by atoms with Crippen molar-refractivity contribution in [2.45, 2.75) is 57.5 Å². The minimum atomic E-state index is -0.612. The second kappa shape index (κ2) is 10.9. The molecule has 13 heteroatoms. The predicted octanol–water partition coefficient (Wildman–Crippen LogP) is 4.66. The van der Waals surface area contributed by atoms with Crippen LogP contribution in [0.15, 0.2) is 18.3 Å². The highest BCUT2D eigenvalue weighted by Crippen LogP contribution is 2.38. The number of amides is 2. The van der Waals surface area contributed by atoms with Crippen LogP contribution in [0.4, 0.5) is 22.0 Å². The van der Waals surface area contributed by atoms with Gasteiger partial charge in [0.2, 0.25) is 23.7 Å². The fourth-order valence-corrected chi connectivity index (χ4v) is 5.87. The Hall–Kier alpha value is -3.18. The van der Waals surface area contributed by atoms with Crippen LogP contribution in [0.5, 0.6) is 0 Å². The summed E-state index contributed by atoms with van der Waals surface area (Å²) in [5, 5.41) is 6.70. The van der Waals surface area contributed by atoms with E-state index in [0.717, 1.165) is 19.4 Å². The number of nitrogens with zero attached hydrogens (tertiary/aromatic N) is 5. The van der Waals surface area contributed by atoms with E-state index in [1.165, 1.54) is 12.1 Å². The first kappa shape index (κ1) is 26.4. The molecule has 1 aliphatic carbocycles. The molecule has 0 radical (unpaired) electrons. The van der Waals surface area contributed by atoms with Gasteiger partial charge in [-0.25, -0.2) is 14.4 Å². The van der Waals surface area contributed by atoms with Gasteiger partial charge in [-0.1, -0.05) is 23.2 Å². The lowest BCUT2D eigenvalue weighted by atomic mass is 9.85. The van der Waals surface area contributed by atoms with E-state index in [0.29, 0.717) is 55.3 Å². The minimum Gasteiger partial charge on any atom is -0.369 e. The molecule has 0 unspecified atom stereocenters. The number of rotatable bonds is 6. The Morgan fingerprint density at radius 1 is 1.13 bits per heavy atom. The summed E-state index contributed by atoms with van der Waals surface area (Å²) >= 11 is 12.2. The number of likely N-dealkylation sites (tertiary alicyclic amines) is 1. The molecule has 10 nitrogen and oxygen atoms in total. The molecule has 4 N–H and O–H groups in total. The normalized spacial score (nSPS) is 21.9. The highest BCUT2D eigenvalue weighted by molar-refractivity contribution is 6.36. The lowest BCUT2D eigenvalue weighted by Crippen LogP contribution is -2.44. The highest BCUT2D eigenvalue weighted by Gasteiger charge is 2.30. The summed E-state index contributed by atoms with van der Waals surface area (Å²) in [4.78, 5) is 39.3. The molecule has 5 rings (SSSR count). The number of aromatic nitrogens is 4. The van der Waals surface area contributed by atoms with Gasteiger partial charge in [0.25, 0.3) is 0 Å². The van der Waals surface area contributed by atoms with Crippen LogP contribution in [0.2, 0.25) is 10.0 Å². The van der Waals surface area contributed by atoms with E-state index < -0.39 is 5.82 Å². The maximum absolute atomic E-state index is 14.8. The summed E-state index contributed by atoms with van der Waals surface area (Å²) in [5.74, 6) is -0.267. The first-order valence-electron chi connectivity index (χ1n) is 12.7. The Morgan fingerprint density at radius 3 is 2.58 bits per heavy atom. The van der Waals surface area contributed by atoms with Crippen LogP contribution >= 0.6 is 23.2 Å². The quantitative estimate of drug-likeness (QED) is 0.398. The van der Waals surface area contributed by atoms with Crippen molar-refractivity contribution in [1.82, 2.24) is 24.4 Å². The Morgan fingerprint density at radius 2 is 1.89 bits per heavy atom. The van der Waals surface area contributed by atoms with Crippen LogP contribution in [0.25, 0.3) is 11.2 Å². The third kappa shape index (κ3) is 5.49. The Labute approximate surface area is 229 Å². The monoisotopic (exact) mass is 562 g/mol. The lowest BCUT2D eigenvalue weighted by molar-refractivity contribution is -0.129. The van der Waals surface area contributed by atoms with E-state index in [4.69, 9.17) is 33.9 Å². The van der Waals surface area contributed by atoms with Gasteiger partial charge in [-0.3, -0.25) is 14.2 Å².